The minimum Gasteiger partial charge on any atom is -0.398 e. The number of hydrogen-bond acceptors (Lipinski definition) is 4. The first-order valence-electron chi connectivity index (χ1n) is 5.13. The quantitative estimate of drug-likeness (QED) is 0.544. The second-order valence-electron chi connectivity index (χ2n) is 3.63. The van der Waals surface area contributed by atoms with Gasteiger partial charge in [-0.05, 0) is 32.2 Å². The van der Waals surface area contributed by atoms with E-state index in [4.69, 9.17) is 5.73 Å². The molecule has 0 saturated carbocycles. The van der Waals surface area contributed by atoms with E-state index in [-0.39, 0.29) is 16.6 Å². The Balaban J connectivity index is 3.06. The lowest BCUT2D eigenvalue weighted by molar-refractivity contribution is 0.588. The fourth-order valence-corrected chi connectivity index (χ4v) is 2.15. The summed E-state index contributed by atoms with van der Waals surface area (Å²) in [5.41, 5.74) is 6.68. The van der Waals surface area contributed by atoms with Crippen LogP contribution in [0.4, 0.5) is 11.4 Å². The summed E-state index contributed by atoms with van der Waals surface area (Å²) in [6, 6.07) is 4.81. The third kappa shape index (κ3) is 3.21. The van der Waals surface area contributed by atoms with Crippen molar-refractivity contribution in [1.29, 1.82) is 0 Å². The van der Waals surface area contributed by atoms with Crippen LogP contribution in [0.3, 0.4) is 0 Å². The molecular formula is C11H17N3O2S. The Hall–Kier alpha value is -1.53. The Morgan fingerprint density at radius 1 is 1.47 bits per heavy atom. The van der Waals surface area contributed by atoms with Gasteiger partial charge in [-0.15, -0.1) is 6.58 Å². The van der Waals surface area contributed by atoms with E-state index in [1.807, 2.05) is 6.92 Å². The minimum atomic E-state index is -3.50. The molecule has 4 N–H and O–H groups in total. The number of benzene rings is 1. The molecule has 1 atom stereocenters. The van der Waals surface area contributed by atoms with Crippen LogP contribution in [-0.2, 0) is 10.0 Å². The van der Waals surface area contributed by atoms with Crippen molar-refractivity contribution in [2.24, 2.45) is 0 Å². The first kappa shape index (κ1) is 13.5. The number of sulfonamides is 1. The maximum Gasteiger partial charge on any atom is 0.242 e. The second kappa shape index (κ2) is 5.20. The largest absolute Gasteiger partial charge is 0.398 e. The van der Waals surface area contributed by atoms with Crippen molar-refractivity contribution in [2.75, 3.05) is 18.1 Å². The molecule has 0 spiro atoms. The van der Waals surface area contributed by atoms with Crippen molar-refractivity contribution in [1.82, 2.24) is 4.72 Å². The number of nitrogens with one attached hydrogen (secondary N) is 2. The van der Waals surface area contributed by atoms with Crippen LogP contribution >= 0.6 is 0 Å². The lowest BCUT2D eigenvalue weighted by Crippen LogP contribution is -2.20. The molecule has 0 radical (unpaired) electrons. The summed E-state index contributed by atoms with van der Waals surface area (Å²) in [6.45, 7) is 5.58. The molecule has 0 saturated heterocycles. The SMILES string of the molecule is C=CC(C)Nc1ccc(S(=O)(=O)NC)c(N)c1. The molecule has 1 aromatic rings. The molecule has 94 valence electrons. The van der Waals surface area contributed by atoms with Crippen molar-refractivity contribution < 1.29 is 8.42 Å². The Labute approximate surface area is 102 Å². The zero-order valence-corrected chi connectivity index (χ0v) is 10.7. The maximum absolute atomic E-state index is 11.6. The molecule has 0 heterocycles. The normalized spacial score (nSPS) is 13.1. The van der Waals surface area contributed by atoms with E-state index < -0.39 is 10.0 Å². The molecule has 0 aliphatic carbocycles. The Bertz CT molecular complexity index is 511. The lowest BCUT2D eigenvalue weighted by Gasteiger charge is -2.13. The maximum atomic E-state index is 11.6. The van der Waals surface area contributed by atoms with Gasteiger partial charge in [0.2, 0.25) is 10.0 Å². The van der Waals surface area contributed by atoms with Crippen LogP contribution in [0.2, 0.25) is 0 Å². The molecule has 0 fully saturated rings. The monoisotopic (exact) mass is 255 g/mol. The van der Waals surface area contributed by atoms with Crippen LogP contribution < -0.4 is 15.8 Å². The average Bonchev–Trinajstić information content (AvgIpc) is 2.28. The highest BCUT2D eigenvalue weighted by Crippen LogP contribution is 2.22. The fraction of sp³-hybridized carbons (Fsp3) is 0.273. The van der Waals surface area contributed by atoms with Gasteiger partial charge in [0.15, 0.2) is 0 Å². The van der Waals surface area contributed by atoms with Gasteiger partial charge in [0, 0.05) is 11.7 Å². The van der Waals surface area contributed by atoms with Crippen LogP contribution in [0.15, 0.2) is 35.7 Å². The van der Waals surface area contributed by atoms with E-state index in [1.54, 1.807) is 18.2 Å². The number of hydrogen-bond donors (Lipinski definition) is 3. The van der Waals surface area contributed by atoms with Gasteiger partial charge in [0.25, 0.3) is 0 Å². The zero-order chi connectivity index (χ0) is 13.1. The first-order chi connectivity index (χ1) is 7.90. The Morgan fingerprint density at radius 3 is 2.59 bits per heavy atom. The molecule has 17 heavy (non-hydrogen) atoms. The van der Waals surface area contributed by atoms with Gasteiger partial charge in [-0.1, -0.05) is 6.08 Å². The molecule has 1 rings (SSSR count). The van der Waals surface area contributed by atoms with E-state index in [0.29, 0.717) is 0 Å². The summed E-state index contributed by atoms with van der Waals surface area (Å²) >= 11 is 0. The van der Waals surface area contributed by atoms with Crippen molar-refractivity contribution >= 4 is 21.4 Å². The van der Waals surface area contributed by atoms with Gasteiger partial charge in [0.1, 0.15) is 4.90 Å². The van der Waals surface area contributed by atoms with E-state index in [2.05, 4.69) is 16.6 Å². The standard InChI is InChI=1S/C11H17N3O2S/c1-4-8(2)14-9-5-6-11(10(12)7-9)17(15,16)13-3/h4-8,13-14H,1,12H2,2-3H3. The van der Waals surface area contributed by atoms with Gasteiger partial charge in [0.05, 0.1) is 5.69 Å². The summed E-state index contributed by atoms with van der Waals surface area (Å²) in [7, 11) is -2.15. The van der Waals surface area contributed by atoms with Crippen LogP contribution in [0.25, 0.3) is 0 Å². The lowest BCUT2D eigenvalue weighted by atomic mass is 10.2. The number of nitrogen functional groups attached to an aromatic ring is 1. The van der Waals surface area contributed by atoms with E-state index in [9.17, 15) is 8.42 Å². The van der Waals surface area contributed by atoms with Crippen LogP contribution in [0, 0.1) is 0 Å². The smallest absolute Gasteiger partial charge is 0.242 e. The summed E-state index contributed by atoms with van der Waals surface area (Å²) in [4.78, 5) is 0.0804. The fourth-order valence-electron chi connectivity index (χ4n) is 1.31. The zero-order valence-electron chi connectivity index (χ0n) is 9.90. The minimum absolute atomic E-state index is 0.0804. The highest BCUT2D eigenvalue weighted by molar-refractivity contribution is 7.89. The second-order valence-corrected chi connectivity index (χ2v) is 5.48. The van der Waals surface area contributed by atoms with Gasteiger partial charge in [-0.2, -0.15) is 0 Å². The predicted molar refractivity (Wildman–Crippen MR) is 70.4 cm³/mol. The highest BCUT2D eigenvalue weighted by atomic mass is 32.2. The van der Waals surface area contributed by atoms with Crippen LogP contribution in [0.1, 0.15) is 6.92 Å². The molecule has 0 aliphatic heterocycles. The van der Waals surface area contributed by atoms with Gasteiger partial charge >= 0.3 is 0 Å². The van der Waals surface area contributed by atoms with E-state index in [0.717, 1.165) is 5.69 Å². The van der Waals surface area contributed by atoms with Crippen molar-refractivity contribution in [3.8, 4) is 0 Å². The van der Waals surface area contributed by atoms with E-state index in [1.165, 1.54) is 13.1 Å². The number of rotatable bonds is 5. The van der Waals surface area contributed by atoms with Gasteiger partial charge < -0.3 is 11.1 Å². The topological polar surface area (TPSA) is 84.2 Å². The van der Waals surface area contributed by atoms with E-state index >= 15 is 0 Å². The number of nitrogens with two attached hydrogens (primary N) is 1. The third-order valence-corrected chi connectivity index (χ3v) is 3.80. The molecule has 1 unspecified atom stereocenters. The van der Waals surface area contributed by atoms with Gasteiger partial charge in [-0.3, -0.25) is 0 Å². The van der Waals surface area contributed by atoms with Crippen molar-refractivity contribution in [2.45, 2.75) is 17.9 Å². The molecule has 0 aromatic heterocycles. The van der Waals surface area contributed by atoms with Crippen LogP contribution in [-0.4, -0.2) is 21.5 Å². The Morgan fingerprint density at radius 2 is 2.12 bits per heavy atom. The summed E-state index contributed by atoms with van der Waals surface area (Å²) < 4.78 is 25.4. The Kier molecular flexibility index (Phi) is 4.14. The van der Waals surface area contributed by atoms with Crippen molar-refractivity contribution in [3.63, 3.8) is 0 Å². The average molecular weight is 255 g/mol. The molecule has 5 nitrogen and oxygen atoms in total. The number of anilines is 2. The summed E-state index contributed by atoms with van der Waals surface area (Å²) in [6.07, 6.45) is 1.74. The molecule has 6 heteroatoms. The molecule has 0 amide bonds. The van der Waals surface area contributed by atoms with Crippen molar-refractivity contribution in [3.05, 3.63) is 30.9 Å². The molecule has 1 aromatic carbocycles. The molecule has 0 bridgehead atoms. The van der Waals surface area contributed by atoms with Crippen LogP contribution in [0.5, 0.6) is 0 Å². The summed E-state index contributed by atoms with van der Waals surface area (Å²) in [5.74, 6) is 0. The molecule has 0 aliphatic rings. The molecular weight excluding hydrogens is 238 g/mol. The first-order valence-corrected chi connectivity index (χ1v) is 6.61. The predicted octanol–water partition coefficient (Wildman–Crippen LogP) is 1.16. The van der Waals surface area contributed by atoms with Gasteiger partial charge in [-0.25, -0.2) is 13.1 Å². The third-order valence-electron chi connectivity index (χ3n) is 2.32. The summed E-state index contributed by atoms with van der Waals surface area (Å²) in [5, 5.41) is 3.12. The highest BCUT2D eigenvalue weighted by Gasteiger charge is 2.15.